The Morgan fingerprint density at radius 1 is 1.57 bits per heavy atom. The fraction of sp³-hybridized carbons (Fsp3) is 0.643. The van der Waals surface area contributed by atoms with E-state index in [-0.39, 0.29) is 6.61 Å². The van der Waals surface area contributed by atoms with Gasteiger partial charge in [-0.05, 0) is 42.8 Å². The van der Waals surface area contributed by atoms with E-state index in [1.807, 2.05) is 0 Å². The zero-order valence-corrected chi connectivity index (χ0v) is 13.9. The van der Waals surface area contributed by atoms with Gasteiger partial charge in [0.15, 0.2) is 0 Å². The third kappa shape index (κ3) is 3.99. The number of furan rings is 1. The lowest BCUT2D eigenvalue weighted by Gasteiger charge is -2.38. The van der Waals surface area contributed by atoms with Crippen molar-refractivity contribution in [2.24, 2.45) is 0 Å². The molecule has 21 heavy (non-hydrogen) atoms. The second kappa shape index (κ2) is 6.37. The van der Waals surface area contributed by atoms with Crippen LogP contribution in [0.1, 0.15) is 32.6 Å². The molecule has 0 radical (unpaired) electrons. The Morgan fingerprint density at radius 2 is 2.29 bits per heavy atom. The number of aliphatic hydroxyl groups is 1. The van der Waals surface area contributed by atoms with Crippen LogP contribution in [-0.4, -0.2) is 47.5 Å². The van der Waals surface area contributed by atoms with Crippen LogP contribution < -0.4 is 0 Å². The molecule has 1 aliphatic heterocycles. The van der Waals surface area contributed by atoms with E-state index in [9.17, 15) is 9.90 Å². The average molecular weight is 362 g/mol. The normalized spacial score (nSPS) is 21.2. The highest BCUT2D eigenvalue weighted by Crippen LogP contribution is 2.30. The minimum atomic E-state index is -0.984. The van der Waals surface area contributed by atoms with Gasteiger partial charge >= 0.3 is 6.09 Å². The van der Waals surface area contributed by atoms with Crippen LogP contribution in [0.4, 0.5) is 4.79 Å². The molecule has 2 unspecified atom stereocenters. The number of nitrogens with zero attached hydrogens (tertiary/aromatic N) is 1. The van der Waals surface area contributed by atoms with Crippen LogP contribution in [0.2, 0.25) is 0 Å². The third-order valence-electron chi connectivity index (χ3n) is 3.07. The molecule has 7 heteroatoms. The zero-order valence-electron chi connectivity index (χ0n) is 12.3. The summed E-state index contributed by atoms with van der Waals surface area (Å²) in [6.45, 7) is 6.43. The van der Waals surface area contributed by atoms with E-state index in [0.717, 1.165) is 0 Å². The van der Waals surface area contributed by atoms with Crippen molar-refractivity contribution in [3.05, 3.63) is 22.6 Å². The molecule has 2 atom stereocenters. The van der Waals surface area contributed by atoms with Crippen molar-refractivity contribution in [3.63, 3.8) is 0 Å². The number of amides is 1. The van der Waals surface area contributed by atoms with Gasteiger partial charge in [-0.25, -0.2) is 4.79 Å². The molecular formula is C14H20BrNO5. The molecule has 1 aromatic rings. The van der Waals surface area contributed by atoms with Crippen LogP contribution >= 0.6 is 15.9 Å². The summed E-state index contributed by atoms with van der Waals surface area (Å²) in [4.78, 5) is 13.8. The molecule has 118 valence electrons. The van der Waals surface area contributed by atoms with Crippen molar-refractivity contribution in [1.29, 1.82) is 0 Å². The summed E-state index contributed by atoms with van der Waals surface area (Å²) < 4.78 is 16.7. The maximum Gasteiger partial charge on any atom is 0.410 e. The summed E-state index contributed by atoms with van der Waals surface area (Å²) in [5.41, 5.74) is -0.587. The molecular weight excluding hydrogens is 342 g/mol. The Kier molecular flexibility index (Phi) is 4.95. The third-order valence-corrected chi connectivity index (χ3v) is 3.73. The molecule has 1 fully saturated rings. The number of hydrogen-bond acceptors (Lipinski definition) is 5. The number of ether oxygens (including phenoxy) is 2. The van der Waals surface area contributed by atoms with Crippen LogP contribution in [0.25, 0.3) is 0 Å². The Morgan fingerprint density at radius 3 is 2.86 bits per heavy atom. The highest BCUT2D eigenvalue weighted by molar-refractivity contribution is 9.10. The van der Waals surface area contributed by atoms with Crippen LogP contribution in [0.3, 0.4) is 0 Å². The summed E-state index contributed by atoms with van der Waals surface area (Å²) in [7, 11) is 0. The molecule has 0 aromatic carbocycles. The summed E-state index contributed by atoms with van der Waals surface area (Å²) in [5, 5.41) is 10.5. The van der Waals surface area contributed by atoms with Gasteiger partial charge in [-0.15, -0.1) is 0 Å². The van der Waals surface area contributed by atoms with Crippen molar-refractivity contribution in [2.75, 3.05) is 19.8 Å². The summed E-state index contributed by atoms with van der Waals surface area (Å²) in [6, 6.07) is 1.15. The van der Waals surface area contributed by atoms with Crippen molar-refractivity contribution < 1.29 is 23.8 Å². The fourth-order valence-electron chi connectivity index (χ4n) is 2.12. The number of morpholine rings is 1. The number of aliphatic hydroxyl groups excluding tert-OH is 1. The van der Waals surface area contributed by atoms with Gasteiger partial charge in [-0.2, -0.15) is 0 Å². The topological polar surface area (TPSA) is 72.1 Å². The predicted octanol–water partition coefficient (Wildman–Crippen LogP) is 2.71. The molecule has 2 rings (SSSR count). The lowest BCUT2D eigenvalue weighted by molar-refractivity contribution is -0.0715. The molecule has 1 N–H and O–H groups in total. The molecule has 0 spiro atoms. The monoisotopic (exact) mass is 361 g/mol. The molecule has 0 saturated carbocycles. The van der Waals surface area contributed by atoms with Crippen molar-refractivity contribution >= 4 is 22.0 Å². The van der Waals surface area contributed by atoms with Gasteiger partial charge in [-0.3, -0.25) is 4.90 Å². The molecule has 6 nitrogen and oxygen atoms in total. The van der Waals surface area contributed by atoms with E-state index in [1.54, 1.807) is 26.8 Å². The Balaban J connectivity index is 2.15. The lowest BCUT2D eigenvalue weighted by Crippen LogP contribution is -2.52. The number of carbonyl (C=O) groups excluding carboxylic acids is 1. The molecule has 1 aromatic heterocycles. The van der Waals surface area contributed by atoms with Crippen molar-refractivity contribution in [3.8, 4) is 0 Å². The Hall–Kier alpha value is -1.05. The lowest BCUT2D eigenvalue weighted by atomic mass is 10.1. The maximum atomic E-state index is 12.3. The molecule has 1 amide bonds. The summed E-state index contributed by atoms with van der Waals surface area (Å²) >= 11 is 3.31. The Labute approximate surface area is 132 Å². The smallest absolute Gasteiger partial charge is 0.410 e. The molecule has 1 aliphatic rings. The summed E-state index contributed by atoms with van der Waals surface area (Å²) in [6.07, 6.45) is 0.0316. The number of carbonyl (C=O) groups is 1. The van der Waals surface area contributed by atoms with Gasteiger partial charge in [-0.1, -0.05) is 0 Å². The number of hydrogen-bond donors (Lipinski definition) is 1. The van der Waals surface area contributed by atoms with E-state index in [1.165, 1.54) is 11.2 Å². The average Bonchev–Trinajstić information content (AvgIpc) is 2.82. The second-order valence-electron chi connectivity index (χ2n) is 5.89. The van der Waals surface area contributed by atoms with E-state index >= 15 is 0 Å². The Bertz CT molecular complexity index is 496. The standard InChI is InChI=1S/C14H20BrNO5/c1-14(2,3)21-13(18)16-5-7-19-8-10(16)11(17)12-9(15)4-6-20-12/h4,6,10-11,17H,5,7-8H2,1-3H3. The van der Waals surface area contributed by atoms with Gasteiger partial charge in [0.05, 0.1) is 30.0 Å². The number of halogens is 1. The van der Waals surface area contributed by atoms with Crippen molar-refractivity contribution in [2.45, 2.75) is 38.5 Å². The fourth-order valence-corrected chi connectivity index (χ4v) is 2.56. The van der Waals surface area contributed by atoms with Crippen LogP contribution in [-0.2, 0) is 9.47 Å². The largest absolute Gasteiger partial charge is 0.465 e. The van der Waals surface area contributed by atoms with Gasteiger partial charge in [0, 0.05) is 6.54 Å². The van der Waals surface area contributed by atoms with Crippen LogP contribution in [0.15, 0.2) is 21.2 Å². The van der Waals surface area contributed by atoms with Crippen LogP contribution in [0.5, 0.6) is 0 Å². The minimum Gasteiger partial charge on any atom is -0.465 e. The van der Waals surface area contributed by atoms with Crippen molar-refractivity contribution in [1.82, 2.24) is 4.90 Å². The zero-order chi connectivity index (χ0) is 15.6. The first-order valence-electron chi connectivity index (χ1n) is 6.78. The van der Waals surface area contributed by atoms with Gasteiger partial charge < -0.3 is 19.0 Å². The van der Waals surface area contributed by atoms with Crippen LogP contribution in [0, 0.1) is 0 Å². The van der Waals surface area contributed by atoms with Gasteiger partial charge in [0.2, 0.25) is 0 Å². The predicted molar refractivity (Wildman–Crippen MR) is 78.9 cm³/mol. The highest BCUT2D eigenvalue weighted by atomic mass is 79.9. The second-order valence-corrected chi connectivity index (χ2v) is 6.75. The maximum absolute atomic E-state index is 12.3. The first-order valence-corrected chi connectivity index (χ1v) is 7.57. The van der Waals surface area contributed by atoms with E-state index in [2.05, 4.69) is 15.9 Å². The van der Waals surface area contributed by atoms with Gasteiger partial charge in [0.25, 0.3) is 0 Å². The van der Waals surface area contributed by atoms with E-state index < -0.39 is 23.8 Å². The van der Waals surface area contributed by atoms with E-state index in [4.69, 9.17) is 13.9 Å². The number of rotatable bonds is 2. The molecule has 2 heterocycles. The minimum absolute atomic E-state index is 0.230. The summed E-state index contributed by atoms with van der Waals surface area (Å²) in [5.74, 6) is 0.374. The van der Waals surface area contributed by atoms with Gasteiger partial charge in [0.1, 0.15) is 17.5 Å². The first kappa shape index (κ1) is 16.3. The molecule has 0 aliphatic carbocycles. The highest BCUT2D eigenvalue weighted by Gasteiger charge is 2.37. The first-order chi connectivity index (χ1) is 9.79. The molecule has 0 bridgehead atoms. The SMILES string of the molecule is CC(C)(C)OC(=O)N1CCOCC1C(O)c1occc1Br. The van der Waals surface area contributed by atoms with E-state index in [0.29, 0.717) is 23.4 Å². The quantitative estimate of drug-likeness (QED) is 0.876. The molecule has 1 saturated heterocycles.